The number of nitrogens with zero attached hydrogens (tertiary/aromatic N) is 1. The molecule has 0 radical (unpaired) electrons. The fourth-order valence-electron chi connectivity index (χ4n) is 3.52. The molecule has 0 saturated heterocycles. The highest BCUT2D eigenvalue weighted by Gasteiger charge is 2.22. The fraction of sp³-hybridized carbons (Fsp3) is 0.263. The average molecular weight is 337 g/mol. The summed E-state index contributed by atoms with van der Waals surface area (Å²) in [7, 11) is 0. The number of aromatic hydroxyl groups is 1. The van der Waals surface area contributed by atoms with Gasteiger partial charge in [-0.2, -0.15) is 0 Å². The number of pyridine rings is 2. The molecule has 1 aliphatic rings. The number of aliphatic hydroxyl groups is 1. The van der Waals surface area contributed by atoms with Crippen LogP contribution in [0.4, 0.5) is 0 Å². The third-order valence-corrected chi connectivity index (χ3v) is 4.80. The molecular weight excluding hydrogens is 318 g/mol. The molecule has 3 aromatic rings. The molecule has 2 heterocycles. The zero-order valence-electron chi connectivity index (χ0n) is 13.6. The molecule has 0 amide bonds. The van der Waals surface area contributed by atoms with Crippen molar-refractivity contribution in [3.63, 3.8) is 0 Å². The van der Waals surface area contributed by atoms with E-state index in [9.17, 15) is 15.0 Å². The summed E-state index contributed by atoms with van der Waals surface area (Å²) in [5, 5.41) is 24.6. The topological polar surface area (TPSA) is 98.2 Å². The van der Waals surface area contributed by atoms with E-state index in [1.54, 1.807) is 18.3 Å². The predicted molar refractivity (Wildman–Crippen MR) is 94.6 cm³/mol. The van der Waals surface area contributed by atoms with Crippen LogP contribution in [0.1, 0.15) is 22.8 Å². The summed E-state index contributed by atoms with van der Waals surface area (Å²) < 4.78 is 0. The first-order valence-corrected chi connectivity index (χ1v) is 8.30. The van der Waals surface area contributed by atoms with Crippen LogP contribution in [0.2, 0.25) is 0 Å². The Morgan fingerprint density at radius 2 is 2.04 bits per heavy atom. The summed E-state index contributed by atoms with van der Waals surface area (Å²) in [6, 6.07) is 8.52. The van der Waals surface area contributed by atoms with Gasteiger partial charge in [-0.25, -0.2) is 0 Å². The van der Waals surface area contributed by atoms with Gasteiger partial charge in [-0.3, -0.25) is 9.78 Å². The van der Waals surface area contributed by atoms with Gasteiger partial charge in [0.05, 0.1) is 11.6 Å². The number of H-pyrrole nitrogens is 1. The Kier molecular flexibility index (Phi) is 3.99. The van der Waals surface area contributed by atoms with Crippen molar-refractivity contribution in [2.75, 3.05) is 6.54 Å². The first-order chi connectivity index (χ1) is 12.1. The monoisotopic (exact) mass is 337 g/mol. The molecule has 6 nitrogen and oxygen atoms in total. The molecule has 1 aliphatic carbocycles. The Balaban J connectivity index is 1.51. The normalized spacial score (nSPS) is 17.6. The van der Waals surface area contributed by atoms with Crippen LogP contribution in [0.25, 0.3) is 10.9 Å². The molecule has 0 bridgehead atoms. The van der Waals surface area contributed by atoms with E-state index >= 15 is 0 Å². The Bertz CT molecular complexity index is 958. The molecule has 128 valence electrons. The molecule has 0 saturated carbocycles. The maximum absolute atomic E-state index is 11.5. The Labute approximate surface area is 144 Å². The number of fused-ring (bicyclic) bond motifs is 2. The molecule has 0 aliphatic heterocycles. The fourth-order valence-corrected chi connectivity index (χ4v) is 3.52. The van der Waals surface area contributed by atoms with Gasteiger partial charge in [-0.05, 0) is 47.7 Å². The lowest BCUT2D eigenvalue weighted by Crippen LogP contribution is -2.33. The molecule has 0 fully saturated rings. The van der Waals surface area contributed by atoms with Crippen molar-refractivity contribution in [3.8, 4) is 5.75 Å². The highest BCUT2D eigenvalue weighted by molar-refractivity contribution is 5.87. The van der Waals surface area contributed by atoms with Gasteiger partial charge >= 0.3 is 0 Å². The highest BCUT2D eigenvalue weighted by atomic mass is 16.3. The summed E-state index contributed by atoms with van der Waals surface area (Å²) in [6.45, 7) is 0.394. The number of aromatic nitrogens is 2. The van der Waals surface area contributed by atoms with Gasteiger partial charge in [0, 0.05) is 36.4 Å². The largest absolute Gasteiger partial charge is 0.506 e. The third-order valence-electron chi connectivity index (χ3n) is 4.80. The number of phenolic OH excluding ortho intramolecular Hbond substituents is 1. The van der Waals surface area contributed by atoms with E-state index in [1.807, 2.05) is 12.3 Å². The molecular formula is C19H19N3O3. The zero-order chi connectivity index (χ0) is 17.4. The third kappa shape index (κ3) is 3.01. The van der Waals surface area contributed by atoms with Crippen LogP contribution in [-0.2, 0) is 12.8 Å². The molecule has 1 unspecified atom stereocenters. The first-order valence-electron chi connectivity index (χ1n) is 8.30. The van der Waals surface area contributed by atoms with E-state index in [0.717, 1.165) is 12.8 Å². The van der Waals surface area contributed by atoms with Crippen molar-refractivity contribution >= 4 is 10.9 Å². The Morgan fingerprint density at radius 1 is 1.20 bits per heavy atom. The predicted octanol–water partition coefficient (Wildman–Crippen LogP) is 1.42. The van der Waals surface area contributed by atoms with Crippen LogP contribution < -0.4 is 10.9 Å². The van der Waals surface area contributed by atoms with E-state index in [0.29, 0.717) is 23.0 Å². The molecule has 4 rings (SSSR count). The molecule has 6 heteroatoms. The lowest BCUT2D eigenvalue weighted by atomic mass is 10.0. The van der Waals surface area contributed by atoms with E-state index in [-0.39, 0.29) is 17.4 Å². The minimum Gasteiger partial charge on any atom is -0.506 e. The Hall–Kier alpha value is -2.70. The SMILES string of the molecule is O=c1ccc2c([C@@H](O)CNC3Cc4ccncc4C3)ccc(O)c2[nH]1. The number of aromatic amines is 1. The van der Waals surface area contributed by atoms with E-state index in [4.69, 9.17) is 0 Å². The molecule has 2 aromatic heterocycles. The molecule has 25 heavy (non-hydrogen) atoms. The van der Waals surface area contributed by atoms with E-state index < -0.39 is 6.10 Å². The van der Waals surface area contributed by atoms with Gasteiger partial charge in [-0.1, -0.05) is 6.07 Å². The number of hydrogen-bond donors (Lipinski definition) is 4. The first kappa shape index (κ1) is 15.8. The van der Waals surface area contributed by atoms with Gasteiger partial charge in [0.1, 0.15) is 5.75 Å². The maximum Gasteiger partial charge on any atom is 0.248 e. The quantitative estimate of drug-likeness (QED) is 0.577. The van der Waals surface area contributed by atoms with Crippen molar-refractivity contribution < 1.29 is 10.2 Å². The van der Waals surface area contributed by atoms with Crippen molar-refractivity contribution in [2.24, 2.45) is 0 Å². The number of rotatable bonds is 4. The van der Waals surface area contributed by atoms with Crippen LogP contribution in [0, 0.1) is 0 Å². The molecule has 0 spiro atoms. The van der Waals surface area contributed by atoms with Crippen LogP contribution in [0.5, 0.6) is 5.75 Å². The summed E-state index contributed by atoms with van der Waals surface area (Å²) in [4.78, 5) is 18.2. The number of benzene rings is 1. The van der Waals surface area contributed by atoms with Gasteiger partial charge in [0.2, 0.25) is 5.56 Å². The second kappa shape index (κ2) is 6.31. The van der Waals surface area contributed by atoms with Crippen LogP contribution in [0.15, 0.2) is 47.5 Å². The van der Waals surface area contributed by atoms with Gasteiger partial charge in [0.25, 0.3) is 0 Å². The summed E-state index contributed by atoms with van der Waals surface area (Å²) >= 11 is 0. The van der Waals surface area contributed by atoms with Crippen molar-refractivity contribution in [1.82, 2.24) is 15.3 Å². The lowest BCUT2D eigenvalue weighted by molar-refractivity contribution is 0.171. The van der Waals surface area contributed by atoms with Gasteiger partial charge in [0.15, 0.2) is 0 Å². The minimum atomic E-state index is -0.740. The highest BCUT2D eigenvalue weighted by Crippen LogP contribution is 2.29. The number of phenols is 1. The zero-order valence-corrected chi connectivity index (χ0v) is 13.6. The van der Waals surface area contributed by atoms with Crippen molar-refractivity contribution in [2.45, 2.75) is 25.0 Å². The summed E-state index contributed by atoms with van der Waals surface area (Å²) in [6.07, 6.45) is 4.79. The van der Waals surface area contributed by atoms with E-state index in [2.05, 4.69) is 15.3 Å². The van der Waals surface area contributed by atoms with Crippen molar-refractivity contribution in [1.29, 1.82) is 0 Å². The lowest BCUT2D eigenvalue weighted by Gasteiger charge is -2.18. The van der Waals surface area contributed by atoms with E-state index in [1.165, 1.54) is 23.3 Å². The van der Waals surface area contributed by atoms with Crippen LogP contribution >= 0.6 is 0 Å². The second-order valence-corrected chi connectivity index (χ2v) is 6.46. The average Bonchev–Trinajstić information content (AvgIpc) is 3.03. The molecule has 4 N–H and O–H groups in total. The molecule has 1 aromatic carbocycles. The maximum atomic E-state index is 11.5. The standard InChI is InChI=1S/C19H19N3O3/c23-16-3-1-14(15-2-4-18(25)22-19(15)16)17(24)10-21-13-7-11-5-6-20-9-12(11)8-13/h1-6,9,13,17,21,23-24H,7-8,10H2,(H,22,25)/t13?,17-/m0/s1. The summed E-state index contributed by atoms with van der Waals surface area (Å²) in [5.41, 5.74) is 3.29. The number of hydrogen-bond acceptors (Lipinski definition) is 5. The second-order valence-electron chi connectivity index (χ2n) is 6.46. The van der Waals surface area contributed by atoms with Gasteiger partial charge < -0.3 is 20.5 Å². The van der Waals surface area contributed by atoms with Crippen LogP contribution in [-0.4, -0.2) is 32.8 Å². The van der Waals surface area contributed by atoms with Crippen LogP contribution in [0.3, 0.4) is 0 Å². The smallest absolute Gasteiger partial charge is 0.248 e. The van der Waals surface area contributed by atoms with Crippen molar-refractivity contribution in [3.05, 3.63) is 69.8 Å². The number of aliphatic hydroxyl groups excluding tert-OH is 1. The molecule has 2 atom stereocenters. The number of nitrogens with one attached hydrogen (secondary N) is 2. The Morgan fingerprint density at radius 3 is 2.88 bits per heavy atom. The summed E-state index contributed by atoms with van der Waals surface area (Å²) in [5.74, 6) is -0.00430. The minimum absolute atomic E-state index is 0.00430. The van der Waals surface area contributed by atoms with Gasteiger partial charge in [-0.15, -0.1) is 0 Å².